The van der Waals surface area contributed by atoms with Gasteiger partial charge in [0.15, 0.2) is 6.10 Å². The zero-order valence-electron chi connectivity index (χ0n) is 16.4. The number of ether oxygens (including phenoxy) is 1. The summed E-state index contributed by atoms with van der Waals surface area (Å²) in [5, 5.41) is 2.95. The molecule has 0 aromatic heterocycles. The van der Waals surface area contributed by atoms with Gasteiger partial charge in [0.2, 0.25) is 10.0 Å². The van der Waals surface area contributed by atoms with E-state index in [1.807, 2.05) is 38.1 Å². The zero-order valence-corrected chi connectivity index (χ0v) is 17.2. The van der Waals surface area contributed by atoms with E-state index in [9.17, 15) is 13.2 Å². The maximum atomic E-state index is 12.7. The Labute approximate surface area is 166 Å². The lowest BCUT2D eigenvalue weighted by molar-refractivity contribution is -0.128. The molecule has 0 saturated heterocycles. The molecule has 6 nitrogen and oxygen atoms in total. The second kappa shape index (κ2) is 8.22. The Morgan fingerprint density at radius 1 is 1.25 bits per heavy atom. The molecule has 1 aliphatic heterocycles. The summed E-state index contributed by atoms with van der Waals surface area (Å²) in [7, 11) is -3.52. The van der Waals surface area contributed by atoms with Gasteiger partial charge >= 0.3 is 0 Å². The van der Waals surface area contributed by atoms with E-state index in [4.69, 9.17) is 4.74 Å². The first kappa shape index (κ1) is 20.2. The third-order valence-corrected chi connectivity index (χ3v) is 5.92. The monoisotopic (exact) mass is 402 g/mol. The minimum atomic E-state index is -3.52. The van der Waals surface area contributed by atoms with Crippen molar-refractivity contribution < 1.29 is 17.9 Å². The molecule has 0 saturated carbocycles. The number of amides is 1. The number of carbonyl (C=O) groups excluding carboxylic acids is 1. The van der Waals surface area contributed by atoms with Gasteiger partial charge in [0, 0.05) is 6.04 Å². The summed E-state index contributed by atoms with van der Waals surface area (Å²) in [6.07, 6.45) is 1.89. The minimum Gasteiger partial charge on any atom is -0.476 e. The first-order chi connectivity index (χ1) is 13.2. The number of sulfonamides is 1. The maximum Gasteiger partial charge on any atom is 0.263 e. The smallest absolute Gasteiger partial charge is 0.263 e. The van der Waals surface area contributed by atoms with E-state index in [1.54, 1.807) is 12.1 Å². The maximum absolute atomic E-state index is 12.7. The van der Waals surface area contributed by atoms with Crippen molar-refractivity contribution in [3.63, 3.8) is 0 Å². The minimum absolute atomic E-state index is 0.0352. The fourth-order valence-corrected chi connectivity index (χ4v) is 4.15. The fraction of sp³-hybridized carbons (Fsp3) is 0.381. The largest absolute Gasteiger partial charge is 0.476 e. The Bertz CT molecular complexity index is 944. The van der Waals surface area contributed by atoms with Crippen LogP contribution in [-0.4, -0.2) is 39.3 Å². The van der Waals surface area contributed by atoms with Gasteiger partial charge in [-0.1, -0.05) is 36.4 Å². The second-order valence-corrected chi connectivity index (χ2v) is 9.21. The van der Waals surface area contributed by atoms with Gasteiger partial charge in [0.05, 0.1) is 18.5 Å². The van der Waals surface area contributed by atoms with Crippen molar-refractivity contribution in [3.8, 4) is 5.75 Å². The Morgan fingerprint density at radius 2 is 1.96 bits per heavy atom. The first-order valence-electron chi connectivity index (χ1n) is 9.33. The quantitative estimate of drug-likeness (QED) is 0.806. The van der Waals surface area contributed by atoms with E-state index >= 15 is 0 Å². The average Bonchev–Trinajstić information content (AvgIpc) is 2.65. The number of fused-ring (bicyclic) bond motifs is 1. The van der Waals surface area contributed by atoms with Crippen molar-refractivity contribution in [3.05, 3.63) is 59.7 Å². The van der Waals surface area contributed by atoms with Gasteiger partial charge in [0.1, 0.15) is 5.75 Å². The molecule has 3 rings (SSSR count). The predicted octanol–water partition coefficient (Wildman–Crippen LogP) is 2.66. The molecule has 0 unspecified atom stereocenters. The van der Waals surface area contributed by atoms with E-state index < -0.39 is 16.1 Å². The van der Waals surface area contributed by atoms with Crippen molar-refractivity contribution in [1.82, 2.24) is 5.32 Å². The third kappa shape index (κ3) is 4.84. The van der Waals surface area contributed by atoms with Gasteiger partial charge in [-0.2, -0.15) is 0 Å². The van der Waals surface area contributed by atoms with Crippen LogP contribution in [0.5, 0.6) is 5.75 Å². The molecule has 7 heteroatoms. The fourth-order valence-electron chi connectivity index (χ4n) is 3.25. The number of carbonyl (C=O) groups is 1. The van der Waals surface area contributed by atoms with Crippen LogP contribution < -0.4 is 14.4 Å². The zero-order chi connectivity index (χ0) is 20.3. The van der Waals surface area contributed by atoms with Gasteiger partial charge in [0.25, 0.3) is 5.91 Å². The highest BCUT2D eigenvalue weighted by molar-refractivity contribution is 7.92. The molecular formula is C21H26N2O4S. The van der Waals surface area contributed by atoms with Crippen LogP contribution >= 0.6 is 0 Å². The third-order valence-electron chi connectivity index (χ3n) is 4.77. The number of nitrogens with one attached hydrogen (secondary N) is 1. The van der Waals surface area contributed by atoms with E-state index in [1.165, 1.54) is 9.87 Å². The van der Waals surface area contributed by atoms with Crippen molar-refractivity contribution in [2.75, 3.05) is 17.1 Å². The first-order valence-corrected chi connectivity index (χ1v) is 11.2. The topological polar surface area (TPSA) is 75.7 Å². The molecule has 28 heavy (non-hydrogen) atoms. The van der Waals surface area contributed by atoms with E-state index in [0.717, 1.165) is 24.7 Å². The summed E-state index contributed by atoms with van der Waals surface area (Å²) in [6, 6.07) is 15.3. The van der Waals surface area contributed by atoms with Crippen LogP contribution in [-0.2, 0) is 21.2 Å². The van der Waals surface area contributed by atoms with Crippen LogP contribution in [0.1, 0.15) is 24.5 Å². The number of benzene rings is 2. The summed E-state index contributed by atoms with van der Waals surface area (Å²) >= 11 is 0. The highest BCUT2D eigenvalue weighted by Gasteiger charge is 2.35. The van der Waals surface area contributed by atoms with Gasteiger partial charge in [-0.25, -0.2) is 8.42 Å². The highest BCUT2D eigenvalue weighted by atomic mass is 32.2. The number of hydrogen-bond acceptors (Lipinski definition) is 4. The number of aryl methyl sites for hydroxylation is 2. The number of rotatable bonds is 6. The van der Waals surface area contributed by atoms with Crippen LogP contribution in [0.3, 0.4) is 0 Å². The number of hydrogen-bond donors (Lipinski definition) is 1. The van der Waals surface area contributed by atoms with Crippen molar-refractivity contribution in [2.24, 2.45) is 0 Å². The van der Waals surface area contributed by atoms with Gasteiger partial charge in [-0.05, 0) is 49.9 Å². The lowest BCUT2D eigenvalue weighted by Gasteiger charge is -2.34. The van der Waals surface area contributed by atoms with Crippen molar-refractivity contribution >= 4 is 21.6 Å². The summed E-state index contributed by atoms with van der Waals surface area (Å²) in [4.78, 5) is 12.7. The highest BCUT2D eigenvalue weighted by Crippen LogP contribution is 2.35. The Balaban J connectivity index is 1.67. The summed E-state index contributed by atoms with van der Waals surface area (Å²) in [5.74, 6) is 0.0970. The van der Waals surface area contributed by atoms with Crippen molar-refractivity contribution in [1.29, 1.82) is 0 Å². The second-order valence-electron chi connectivity index (χ2n) is 7.31. The molecule has 0 radical (unpaired) electrons. The molecule has 1 amide bonds. The van der Waals surface area contributed by atoms with Crippen LogP contribution in [0.15, 0.2) is 48.5 Å². The van der Waals surface area contributed by atoms with Gasteiger partial charge < -0.3 is 10.1 Å². The van der Waals surface area contributed by atoms with Crippen LogP contribution in [0, 0.1) is 6.92 Å². The summed E-state index contributed by atoms with van der Waals surface area (Å²) in [6.45, 7) is 3.79. The molecule has 2 aromatic carbocycles. The normalized spacial score (nSPS) is 17.4. The van der Waals surface area contributed by atoms with Crippen LogP contribution in [0.25, 0.3) is 0 Å². The number of anilines is 1. The standard InChI is InChI=1S/C21H26N2O4S/c1-15-9-12-19-18(13-15)23(28(3,25)26)14-20(27-19)21(24)22-16(2)10-11-17-7-5-4-6-8-17/h4-9,12-13,16,20H,10-11,14H2,1-3H3,(H,22,24)/t16-,20-/m0/s1. The average molecular weight is 403 g/mol. The molecule has 0 fully saturated rings. The van der Waals surface area contributed by atoms with E-state index in [2.05, 4.69) is 17.4 Å². The van der Waals surface area contributed by atoms with Crippen LogP contribution in [0.4, 0.5) is 5.69 Å². The summed E-state index contributed by atoms with van der Waals surface area (Å²) in [5.41, 5.74) is 2.61. The van der Waals surface area contributed by atoms with Gasteiger partial charge in [-0.3, -0.25) is 9.10 Å². The van der Waals surface area contributed by atoms with E-state index in [0.29, 0.717) is 11.4 Å². The SMILES string of the molecule is Cc1ccc2c(c1)N(S(C)(=O)=O)C[C@@H](C(=O)N[C@@H](C)CCc1ccccc1)O2. The Morgan fingerprint density at radius 3 is 2.64 bits per heavy atom. The Hall–Kier alpha value is -2.54. The van der Waals surface area contributed by atoms with Crippen LogP contribution in [0.2, 0.25) is 0 Å². The predicted molar refractivity (Wildman–Crippen MR) is 110 cm³/mol. The molecule has 1 aliphatic rings. The molecule has 1 heterocycles. The van der Waals surface area contributed by atoms with Crippen molar-refractivity contribution in [2.45, 2.75) is 38.8 Å². The lowest BCUT2D eigenvalue weighted by Crippen LogP contribution is -2.52. The molecule has 1 N–H and O–H groups in total. The molecule has 2 atom stereocenters. The molecule has 0 bridgehead atoms. The van der Waals surface area contributed by atoms with Gasteiger partial charge in [-0.15, -0.1) is 0 Å². The molecule has 0 aliphatic carbocycles. The Kier molecular flexibility index (Phi) is 5.93. The molecule has 0 spiro atoms. The molecule has 150 valence electrons. The number of nitrogens with zero attached hydrogens (tertiary/aromatic N) is 1. The lowest BCUT2D eigenvalue weighted by atomic mass is 10.1. The summed E-state index contributed by atoms with van der Waals surface area (Å²) < 4.78 is 31.6. The van der Waals surface area contributed by atoms with E-state index in [-0.39, 0.29) is 18.5 Å². The molecule has 2 aromatic rings. The molecular weight excluding hydrogens is 376 g/mol.